The Morgan fingerprint density at radius 1 is 1.00 bits per heavy atom. The molecule has 0 radical (unpaired) electrons. The first kappa shape index (κ1) is 13.4. The Bertz CT molecular complexity index is 791. The Morgan fingerprint density at radius 2 is 1.71 bits per heavy atom. The molecule has 0 bridgehead atoms. The maximum absolute atomic E-state index is 13.7. The number of nitrogens with zero attached hydrogens (tertiary/aromatic N) is 2. The highest BCUT2D eigenvalue weighted by atomic mass is 19.1. The van der Waals surface area contributed by atoms with Gasteiger partial charge in [-0.15, -0.1) is 0 Å². The molecule has 0 aliphatic heterocycles. The molecular formula is C17H16FN3. The van der Waals surface area contributed by atoms with Gasteiger partial charge >= 0.3 is 0 Å². The average molecular weight is 281 g/mol. The Balaban J connectivity index is 2.22. The molecule has 1 aromatic heterocycles. The van der Waals surface area contributed by atoms with Gasteiger partial charge in [0.15, 0.2) is 0 Å². The number of rotatable bonds is 2. The van der Waals surface area contributed by atoms with Gasteiger partial charge in [0, 0.05) is 16.8 Å². The Kier molecular flexibility index (Phi) is 3.22. The second kappa shape index (κ2) is 5.05. The molecule has 0 aliphatic rings. The summed E-state index contributed by atoms with van der Waals surface area (Å²) in [7, 11) is 0. The molecule has 4 heteroatoms. The van der Waals surface area contributed by atoms with Gasteiger partial charge in [-0.1, -0.05) is 30.3 Å². The molecule has 2 N–H and O–H groups in total. The van der Waals surface area contributed by atoms with Crippen LogP contribution in [0, 0.1) is 19.7 Å². The van der Waals surface area contributed by atoms with Gasteiger partial charge in [0.05, 0.1) is 17.1 Å². The van der Waals surface area contributed by atoms with Crippen molar-refractivity contribution in [2.75, 3.05) is 5.73 Å². The van der Waals surface area contributed by atoms with Crippen molar-refractivity contribution in [3.8, 4) is 16.8 Å². The number of halogens is 1. The molecule has 3 aromatic rings. The van der Waals surface area contributed by atoms with E-state index in [9.17, 15) is 4.39 Å². The van der Waals surface area contributed by atoms with Crippen molar-refractivity contribution < 1.29 is 4.39 Å². The predicted molar refractivity (Wildman–Crippen MR) is 82.8 cm³/mol. The molecule has 3 nitrogen and oxygen atoms in total. The third-order valence-electron chi connectivity index (χ3n) is 3.61. The van der Waals surface area contributed by atoms with E-state index in [0.717, 1.165) is 22.6 Å². The number of nitrogen functional groups attached to an aromatic ring is 1. The van der Waals surface area contributed by atoms with Crippen molar-refractivity contribution >= 4 is 5.69 Å². The lowest BCUT2D eigenvalue weighted by molar-refractivity contribution is 0.633. The molecule has 0 spiro atoms. The van der Waals surface area contributed by atoms with Gasteiger partial charge in [0.25, 0.3) is 0 Å². The van der Waals surface area contributed by atoms with Crippen LogP contribution in [0.1, 0.15) is 11.4 Å². The maximum Gasteiger partial charge on any atom is 0.146 e. The van der Waals surface area contributed by atoms with Crippen LogP contribution in [0.4, 0.5) is 10.1 Å². The van der Waals surface area contributed by atoms with E-state index in [4.69, 9.17) is 5.73 Å². The molecule has 0 saturated carbocycles. The van der Waals surface area contributed by atoms with Crippen molar-refractivity contribution in [2.24, 2.45) is 0 Å². The fourth-order valence-corrected chi connectivity index (χ4v) is 2.61. The molecule has 0 amide bonds. The number of hydrogen-bond donors (Lipinski definition) is 1. The summed E-state index contributed by atoms with van der Waals surface area (Å²) < 4.78 is 15.6. The summed E-state index contributed by atoms with van der Waals surface area (Å²) in [4.78, 5) is 0. The fourth-order valence-electron chi connectivity index (χ4n) is 2.61. The van der Waals surface area contributed by atoms with E-state index in [0.29, 0.717) is 5.56 Å². The molecule has 2 aromatic carbocycles. The van der Waals surface area contributed by atoms with Crippen molar-refractivity contribution in [3.05, 3.63) is 65.7 Å². The van der Waals surface area contributed by atoms with Crippen LogP contribution in [-0.4, -0.2) is 9.78 Å². The fraction of sp³-hybridized carbons (Fsp3) is 0.118. The summed E-state index contributed by atoms with van der Waals surface area (Å²) in [5.41, 5.74) is 10.4. The Labute approximate surface area is 122 Å². The van der Waals surface area contributed by atoms with Gasteiger partial charge < -0.3 is 5.73 Å². The summed E-state index contributed by atoms with van der Waals surface area (Å²) in [5.74, 6) is -0.404. The standard InChI is InChI=1S/C17H16FN3/c1-11-16(14-9-6-10-15(18)17(14)19)12(2)21(20-11)13-7-4-3-5-8-13/h3-10H,19H2,1-2H3. The number of aryl methyl sites for hydroxylation is 1. The first-order chi connectivity index (χ1) is 10.1. The number of aromatic nitrogens is 2. The molecular weight excluding hydrogens is 265 g/mol. The van der Waals surface area contributed by atoms with Gasteiger partial charge in [-0.3, -0.25) is 0 Å². The second-order valence-corrected chi connectivity index (χ2v) is 4.99. The zero-order valence-electron chi connectivity index (χ0n) is 12.0. The minimum atomic E-state index is -0.404. The van der Waals surface area contributed by atoms with Crippen LogP contribution in [0.25, 0.3) is 16.8 Å². The van der Waals surface area contributed by atoms with Crippen LogP contribution in [0.15, 0.2) is 48.5 Å². The summed E-state index contributed by atoms with van der Waals surface area (Å²) in [6.07, 6.45) is 0. The number of anilines is 1. The highest BCUT2D eigenvalue weighted by molar-refractivity contribution is 5.80. The van der Waals surface area contributed by atoms with Crippen molar-refractivity contribution in [1.29, 1.82) is 0 Å². The minimum absolute atomic E-state index is 0.163. The third kappa shape index (κ3) is 2.18. The number of nitrogens with two attached hydrogens (primary N) is 1. The van der Waals surface area contributed by atoms with Crippen LogP contribution in [0.5, 0.6) is 0 Å². The minimum Gasteiger partial charge on any atom is -0.396 e. The van der Waals surface area contributed by atoms with E-state index in [1.807, 2.05) is 54.9 Å². The lowest BCUT2D eigenvalue weighted by atomic mass is 10.0. The second-order valence-electron chi connectivity index (χ2n) is 4.99. The smallest absolute Gasteiger partial charge is 0.146 e. The third-order valence-corrected chi connectivity index (χ3v) is 3.61. The molecule has 0 unspecified atom stereocenters. The monoisotopic (exact) mass is 281 g/mol. The summed E-state index contributed by atoms with van der Waals surface area (Å²) >= 11 is 0. The van der Waals surface area contributed by atoms with Gasteiger partial charge in [-0.2, -0.15) is 5.10 Å². The summed E-state index contributed by atoms with van der Waals surface area (Å²) in [5, 5.41) is 4.57. The van der Waals surface area contributed by atoms with E-state index in [1.165, 1.54) is 6.07 Å². The number of hydrogen-bond acceptors (Lipinski definition) is 2. The van der Waals surface area contributed by atoms with E-state index in [-0.39, 0.29) is 5.69 Å². The number of para-hydroxylation sites is 2. The van der Waals surface area contributed by atoms with Gasteiger partial charge in [0.2, 0.25) is 0 Å². The highest BCUT2D eigenvalue weighted by Gasteiger charge is 2.17. The average Bonchev–Trinajstić information content (AvgIpc) is 2.78. The molecule has 0 saturated heterocycles. The topological polar surface area (TPSA) is 43.8 Å². The first-order valence-corrected chi connectivity index (χ1v) is 6.75. The maximum atomic E-state index is 13.7. The van der Waals surface area contributed by atoms with E-state index < -0.39 is 5.82 Å². The van der Waals surface area contributed by atoms with Crippen molar-refractivity contribution in [1.82, 2.24) is 9.78 Å². The molecule has 21 heavy (non-hydrogen) atoms. The molecule has 106 valence electrons. The molecule has 0 aliphatic carbocycles. The zero-order valence-corrected chi connectivity index (χ0v) is 12.0. The van der Waals surface area contributed by atoms with Crippen LogP contribution in [0.3, 0.4) is 0 Å². The lowest BCUT2D eigenvalue weighted by Gasteiger charge is -2.08. The SMILES string of the molecule is Cc1nn(-c2ccccc2)c(C)c1-c1cccc(F)c1N. The quantitative estimate of drug-likeness (QED) is 0.724. The van der Waals surface area contributed by atoms with E-state index in [2.05, 4.69) is 5.10 Å². The lowest BCUT2D eigenvalue weighted by Crippen LogP contribution is -1.99. The van der Waals surface area contributed by atoms with E-state index in [1.54, 1.807) is 6.07 Å². The van der Waals surface area contributed by atoms with Crippen LogP contribution in [0.2, 0.25) is 0 Å². The van der Waals surface area contributed by atoms with Gasteiger partial charge in [-0.25, -0.2) is 9.07 Å². The summed E-state index contributed by atoms with van der Waals surface area (Å²) in [6, 6.07) is 14.7. The zero-order chi connectivity index (χ0) is 15.0. The molecule has 0 fully saturated rings. The van der Waals surface area contributed by atoms with Crippen LogP contribution in [-0.2, 0) is 0 Å². The largest absolute Gasteiger partial charge is 0.396 e. The number of benzene rings is 2. The Hall–Kier alpha value is -2.62. The van der Waals surface area contributed by atoms with Gasteiger partial charge in [-0.05, 0) is 32.0 Å². The molecule has 0 atom stereocenters. The van der Waals surface area contributed by atoms with Crippen molar-refractivity contribution in [3.63, 3.8) is 0 Å². The van der Waals surface area contributed by atoms with Crippen LogP contribution >= 0.6 is 0 Å². The van der Waals surface area contributed by atoms with E-state index >= 15 is 0 Å². The first-order valence-electron chi connectivity index (χ1n) is 6.75. The van der Waals surface area contributed by atoms with Crippen LogP contribution < -0.4 is 5.73 Å². The predicted octanol–water partition coefficient (Wildman–Crippen LogP) is 3.88. The van der Waals surface area contributed by atoms with Gasteiger partial charge in [0.1, 0.15) is 5.82 Å². The Morgan fingerprint density at radius 3 is 2.43 bits per heavy atom. The normalized spacial score (nSPS) is 10.8. The highest BCUT2D eigenvalue weighted by Crippen LogP contribution is 2.33. The molecule has 1 heterocycles. The molecule has 3 rings (SSSR count). The summed E-state index contributed by atoms with van der Waals surface area (Å²) in [6.45, 7) is 3.87. The van der Waals surface area contributed by atoms with Crippen molar-refractivity contribution in [2.45, 2.75) is 13.8 Å².